The first-order valence-electron chi connectivity index (χ1n) is 5.71. The number of hydrogen-bond acceptors (Lipinski definition) is 4. The van der Waals surface area contributed by atoms with Gasteiger partial charge in [0.25, 0.3) is 0 Å². The summed E-state index contributed by atoms with van der Waals surface area (Å²) >= 11 is 0. The summed E-state index contributed by atoms with van der Waals surface area (Å²) in [4.78, 5) is 32.6. The summed E-state index contributed by atoms with van der Waals surface area (Å²) in [6.07, 6.45) is 0.227. The van der Waals surface area contributed by atoms with Crippen LogP contribution in [0.2, 0.25) is 0 Å². The molecule has 102 valence electrons. The van der Waals surface area contributed by atoms with Crippen LogP contribution in [0.1, 0.15) is 12.8 Å². The molecule has 1 saturated carbocycles. The van der Waals surface area contributed by atoms with E-state index in [-0.39, 0.29) is 24.9 Å². The van der Waals surface area contributed by atoms with Crippen LogP contribution in [0.15, 0.2) is 0 Å². The highest BCUT2D eigenvalue weighted by Gasteiger charge is 2.28. The van der Waals surface area contributed by atoms with Crippen LogP contribution in [0.4, 0.5) is 4.79 Å². The van der Waals surface area contributed by atoms with Crippen molar-refractivity contribution in [1.82, 2.24) is 16.0 Å². The zero-order valence-corrected chi connectivity index (χ0v) is 9.81. The minimum absolute atomic E-state index is 0.00138. The number of aliphatic hydroxyl groups is 1. The summed E-state index contributed by atoms with van der Waals surface area (Å²) in [6.45, 7) is 0.202. The third-order valence-corrected chi connectivity index (χ3v) is 2.40. The molecular weight excluding hydrogens is 242 g/mol. The lowest BCUT2D eigenvalue weighted by atomic mass is 10.3. The van der Waals surface area contributed by atoms with Crippen molar-refractivity contribution in [1.29, 1.82) is 0 Å². The van der Waals surface area contributed by atoms with Gasteiger partial charge in [-0.05, 0) is 12.8 Å². The van der Waals surface area contributed by atoms with Crippen molar-refractivity contribution in [3.05, 3.63) is 0 Å². The van der Waals surface area contributed by atoms with Crippen molar-refractivity contribution in [2.75, 3.05) is 19.6 Å². The largest absolute Gasteiger partial charge is 0.479 e. The molecule has 0 saturated heterocycles. The highest BCUT2D eigenvalue weighted by atomic mass is 16.4. The Morgan fingerprint density at radius 1 is 1.11 bits per heavy atom. The van der Waals surface area contributed by atoms with E-state index >= 15 is 0 Å². The van der Waals surface area contributed by atoms with E-state index in [1.807, 2.05) is 0 Å². The first-order chi connectivity index (χ1) is 8.50. The number of rotatable bonds is 7. The van der Waals surface area contributed by atoms with E-state index < -0.39 is 18.1 Å². The lowest BCUT2D eigenvalue weighted by molar-refractivity contribution is -0.146. The Morgan fingerprint density at radius 3 is 2.28 bits per heavy atom. The molecule has 8 nitrogen and oxygen atoms in total. The third kappa shape index (κ3) is 5.48. The lowest BCUT2D eigenvalue weighted by Gasteiger charge is -2.09. The number of nitrogens with one attached hydrogen (secondary N) is 3. The zero-order valence-electron chi connectivity index (χ0n) is 9.81. The second kappa shape index (κ2) is 6.80. The summed E-state index contributed by atoms with van der Waals surface area (Å²) in [6, 6.07) is -0.587. The molecule has 1 aliphatic carbocycles. The Balaban J connectivity index is 1.99. The Labute approximate surface area is 104 Å². The Morgan fingerprint density at radius 2 is 1.72 bits per heavy atom. The smallest absolute Gasteiger partial charge is 0.334 e. The molecule has 1 atom stereocenters. The van der Waals surface area contributed by atoms with Crippen molar-refractivity contribution in [2.45, 2.75) is 18.9 Å². The number of carbonyl (C=O) groups is 3. The average molecular weight is 259 g/mol. The maximum absolute atomic E-state index is 11.2. The van der Waals surface area contributed by atoms with Crippen molar-refractivity contribution in [3.63, 3.8) is 0 Å². The summed E-state index contributed by atoms with van der Waals surface area (Å²) in [5.74, 6) is -1.27. The fraction of sp³-hybridized carbons (Fsp3) is 0.700. The SMILES string of the molecule is O=C(NCCNC(=O)C1CC1)NC[C@H](O)C(=O)O. The molecule has 0 bridgehead atoms. The van der Waals surface area contributed by atoms with Gasteiger partial charge in [0.15, 0.2) is 6.10 Å². The highest BCUT2D eigenvalue weighted by Crippen LogP contribution is 2.28. The van der Waals surface area contributed by atoms with Gasteiger partial charge in [-0.1, -0.05) is 0 Å². The number of amides is 3. The monoisotopic (exact) mass is 259 g/mol. The van der Waals surface area contributed by atoms with Crippen LogP contribution in [-0.2, 0) is 9.59 Å². The van der Waals surface area contributed by atoms with E-state index in [1.54, 1.807) is 0 Å². The van der Waals surface area contributed by atoms with Gasteiger partial charge in [-0.25, -0.2) is 9.59 Å². The van der Waals surface area contributed by atoms with Gasteiger partial charge < -0.3 is 26.2 Å². The molecule has 0 radical (unpaired) electrons. The fourth-order valence-corrected chi connectivity index (χ4v) is 1.19. The van der Waals surface area contributed by atoms with E-state index in [1.165, 1.54) is 0 Å². The van der Waals surface area contributed by atoms with Gasteiger partial charge in [0.1, 0.15) is 0 Å². The molecular formula is C10H17N3O5. The van der Waals surface area contributed by atoms with Crippen LogP contribution >= 0.6 is 0 Å². The van der Waals surface area contributed by atoms with E-state index in [0.717, 1.165) is 12.8 Å². The number of carboxylic acids is 1. The number of aliphatic carboxylic acids is 1. The standard InChI is InChI=1S/C10H17N3O5/c14-7(9(16)17)5-13-10(18)12-4-3-11-8(15)6-1-2-6/h6-7,14H,1-5H2,(H,11,15)(H,16,17)(H2,12,13,18)/t7-/m0/s1. The number of carbonyl (C=O) groups excluding carboxylic acids is 2. The average Bonchev–Trinajstić information content (AvgIpc) is 3.15. The highest BCUT2D eigenvalue weighted by molar-refractivity contribution is 5.81. The molecule has 3 amide bonds. The summed E-state index contributed by atoms with van der Waals surface area (Å²) in [5, 5.41) is 24.5. The second-order valence-corrected chi connectivity index (χ2v) is 4.06. The lowest BCUT2D eigenvalue weighted by Crippen LogP contribution is -2.44. The molecule has 1 fully saturated rings. The predicted molar refractivity (Wildman–Crippen MR) is 60.8 cm³/mol. The van der Waals surface area contributed by atoms with Crippen LogP contribution < -0.4 is 16.0 Å². The summed E-state index contributed by atoms with van der Waals surface area (Å²) in [5.41, 5.74) is 0. The van der Waals surface area contributed by atoms with Crippen molar-refractivity contribution < 1.29 is 24.6 Å². The van der Waals surface area contributed by atoms with Crippen LogP contribution in [0.25, 0.3) is 0 Å². The Kier molecular flexibility index (Phi) is 5.37. The van der Waals surface area contributed by atoms with Crippen LogP contribution in [0.3, 0.4) is 0 Å². The minimum atomic E-state index is -1.62. The van der Waals surface area contributed by atoms with Gasteiger partial charge in [-0.3, -0.25) is 4.79 Å². The third-order valence-electron chi connectivity index (χ3n) is 2.40. The molecule has 1 rings (SSSR count). The summed E-state index contributed by atoms with van der Waals surface area (Å²) < 4.78 is 0. The van der Waals surface area contributed by atoms with Gasteiger partial charge in [0.2, 0.25) is 5.91 Å². The van der Waals surface area contributed by atoms with Gasteiger partial charge >= 0.3 is 12.0 Å². The zero-order chi connectivity index (χ0) is 13.5. The predicted octanol–water partition coefficient (Wildman–Crippen LogP) is -1.74. The molecule has 0 aromatic carbocycles. The Bertz CT molecular complexity index is 329. The number of hydrogen-bond donors (Lipinski definition) is 5. The van der Waals surface area contributed by atoms with E-state index in [9.17, 15) is 14.4 Å². The normalized spacial score (nSPS) is 15.6. The molecule has 18 heavy (non-hydrogen) atoms. The topological polar surface area (TPSA) is 128 Å². The number of aliphatic hydroxyl groups excluding tert-OH is 1. The van der Waals surface area contributed by atoms with Crippen LogP contribution in [0.5, 0.6) is 0 Å². The first-order valence-corrected chi connectivity index (χ1v) is 5.71. The molecule has 0 spiro atoms. The van der Waals surface area contributed by atoms with Crippen LogP contribution in [0, 0.1) is 5.92 Å². The minimum Gasteiger partial charge on any atom is -0.479 e. The van der Waals surface area contributed by atoms with Gasteiger partial charge in [0, 0.05) is 19.0 Å². The van der Waals surface area contributed by atoms with Gasteiger partial charge in [0.05, 0.1) is 6.54 Å². The molecule has 5 N–H and O–H groups in total. The van der Waals surface area contributed by atoms with Crippen molar-refractivity contribution >= 4 is 17.9 Å². The fourth-order valence-electron chi connectivity index (χ4n) is 1.19. The molecule has 0 aromatic heterocycles. The number of urea groups is 1. The molecule has 0 heterocycles. The first kappa shape index (κ1) is 14.2. The van der Waals surface area contributed by atoms with Crippen molar-refractivity contribution in [2.24, 2.45) is 5.92 Å². The molecule has 1 aliphatic rings. The molecule has 8 heteroatoms. The van der Waals surface area contributed by atoms with E-state index in [4.69, 9.17) is 10.2 Å². The van der Waals surface area contributed by atoms with E-state index in [0.29, 0.717) is 6.54 Å². The maximum atomic E-state index is 11.2. The van der Waals surface area contributed by atoms with E-state index in [2.05, 4.69) is 16.0 Å². The van der Waals surface area contributed by atoms with Crippen molar-refractivity contribution in [3.8, 4) is 0 Å². The molecule has 0 unspecified atom stereocenters. The van der Waals surface area contributed by atoms with Crippen LogP contribution in [-0.4, -0.2) is 53.9 Å². The number of carboxylic acid groups (broad SMARTS) is 1. The summed E-state index contributed by atoms with van der Waals surface area (Å²) in [7, 11) is 0. The quantitative estimate of drug-likeness (QED) is 0.347. The molecule has 0 aliphatic heterocycles. The van der Waals surface area contributed by atoms with Gasteiger partial charge in [-0.2, -0.15) is 0 Å². The van der Waals surface area contributed by atoms with Gasteiger partial charge in [-0.15, -0.1) is 0 Å². The maximum Gasteiger partial charge on any atom is 0.334 e. The second-order valence-electron chi connectivity index (χ2n) is 4.06. The Hall–Kier alpha value is -1.83. The molecule has 0 aromatic rings.